The fraction of sp³-hybridized carbons (Fsp3) is 0.154. The van der Waals surface area contributed by atoms with Crippen molar-refractivity contribution >= 4 is 23.1 Å². The van der Waals surface area contributed by atoms with Crippen LogP contribution in [-0.2, 0) is 6.54 Å². The van der Waals surface area contributed by atoms with E-state index < -0.39 is 0 Å². The molecule has 0 fully saturated rings. The van der Waals surface area contributed by atoms with Crippen LogP contribution in [0.4, 0.5) is 5.82 Å². The summed E-state index contributed by atoms with van der Waals surface area (Å²) >= 11 is 5.18. The van der Waals surface area contributed by atoms with E-state index >= 15 is 0 Å². The van der Waals surface area contributed by atoms with Crippen LogP contribution in [0, 0.1) is 6.92 Å². The molecule has 0 aliphatic carbocycles. The van der Waals surface area contributed by atoms with Crippen molar-refractivity contribution in [3.8, 4) is 0 Å². The van der Waals surface area contributed by atoms with Gasteiger partial charge in [0.05, 0.1) is 12.2 Å². The van der Waals surface area contributed by atoms with Gasteiger partial charge in [0.25, 0.3) is 0 Å². The van der Waals surface area contributed by atoms with E-state index in [0.29, 0.717) is 11.7 Å². The molecule has 0 bridgehead atoms. The van der Waals surface area contributed by atoms with Crippen LogP contribution in [0.15, 0.2) is 42.7 Å². The fourth-order valence-electron chi connectivity index (χ4n) is 1.38. The van der Waals surface area contributed by atoms with Gasteiger partial charge in [-0.3, -0.25) is 4.98 Å². The van der Waals surface area contributed by atoms with Crippen molar-refractivity contribution in [2.75, 3.05) is 5.32 Å². The summed E-state index contributed by atoms with van der Waals surface area (Å²) in [4.78, 5) is 8.42. The van der Waals surface area contributed by atoms with E-state index in [2.05, 4.69) is 20.6 Å². The monoisotopic (exact) mass is 258 g/mol. The van der Waals surface area contributed by atoms with E-state index in [1.54, 1.807) is 12.4 Å². The van der Waals surface area contributed by atoms with E-state index in [1.807, 2.05) is 37.3 Å². The molecule has 5 heteroatoms. The summed E-state index contributed by atoms with van der Waals surface area (Å²) in [5.74, 6) is 0.735. The molecule has 0 atom stereocenters. The summed E-state index contributed by atoms with van der Waals surface area (Å²) < 4.78 is 0. The minimum absolute atomic E-state index is 0.539. The number of nitrogens with one attached hydrogen (secondary N) is 2. The van der Waals surface area contributed by atoms with Gasteiger partial charge in [0.2, 0.25) is 0 Å². The lowest BCUT2D eigenvalue weighted by Gasteiger charge is -2.09. The molecular formula is C13H14N4S. The average Bonchev–Trinajstić information content (AvgIpc) is 2.40. The molecule has 0 saturated heterocycles. The van der Waals surface area contributed by atoms with Crippen LogP contribution < -0.4 is 10.6 Å². The minimum Gasteiger partial charge on any atom is -0.357 e. The number of nitrogens with zero attached hydrogens (tertiary/aromatic N) is 2. The van der Waals surface area contributed by atoms with Crippen molar-refractivity contribution in [3.05, 3.63) is 54.0 Å². The molecule has 2 rings (SSSR count). The Labute approximate surface area is 111 Å². The molecule has 0 aliphatic heterocycles. The van der Waals surface area contributed by atoms with Gasteiger partial charge in [-0.15, -0.1) is 0 Å². The first-order valence-corrected chi connectivity index (χ1v) is 6.02. The number of anilines is 1. The Morgan fingerprint density at radius 1 is 1.22 bits per heavy atom. The molecule has 0 amide bonds. The van der Waals surface area contributed by atoms with Crippen LogP contribution in [0.2, 0.25) is 0 Å². The molecule has 2 aromatic heterocycles. The van der Waals surface area contributed by atoms with Gasteiger partial charge in [-0.05, 0) is 42.9 Å². The first-order chi connectivity index (χ1) is 8.74. The molecular weight excluding hydrogens is 244 g/mol. The largest absolute Gasteiger partial charge is 0.357 e. The van der Waals surface area contributed by atoms with Gasteiger partial charge >= 0.3 is 0 Å². The quantitative estimate of drug-likeness (QED) is 0.827. The maximum absolute atomic E-state index is 5.18. The average molecular weight is 258 g/mol. The van der Waals surface area contributed by atoms with Crippen LogP contribution in [0.3, 0.4) is 0 Å². The smallest absolute Gasteiger partial charge is 0.172 e. The topological polar surface area (TPSA) is 49.8 Å². The highest BCUT2D eigenvalue weighted by atomic mass is 32.1. The van der Waals surface area contributed by atoms with Crippen molar-refractivity contribution < 1.29 is 0 Å². The van der Waals surface area contributed by atoms with E-state index in [1.165, 1.54) is 0 Å². The number of aryl methyl sites for hydroxylation is 1. The maximum Gasteiger partial charge on any atom is 0.172 e. The van der Waals surface area contributed by atoms with Gasteiger partial charge in [-0.1, -0.05) is 12.1 Å². The molecule has 2 aromatic rings. The third kappa shape index (κ3) is 3.78. The maximum atomic E-state index is 5.18. The Balaban J connectivity index is 1.84. The number of thiocarbonyl (C=S) groups is 1. The summed E-state index contributed by atoms with van der Waals surface area (Å²) in [7, 11) is 0. The Morgan fingerprint density at radius 2 is 2.11 bits per heavy atom. The Morgan fingerprint density at radius 3 is 2.78 bits per heavy atom. The van der Waals surface area contributed by atoms with Gasteiger partial charge in [-0.25, -0.2) is 4.98 Å². The van der Waals surface area contributed by atoms with Gasteiger partial charge < -0.3 is 10.6 Å². The second-order valence-electron chi connectivity index (χ2n) is 3.85. The number of hydrogen-bond donors (Lipinski definition) is 2. The van der Waals surface area contributed by atoms with Crippen molar-refractivity contribution in [3.63, 3.8) is 0 Å². The first kappa shape index (κ1) is 12.4. The molecule has 18 heavy (non-hydrogen) atoms. The summed E-state index contributed by atoms with van der Waals surface area (Å²) in [6, 6.07) is 9.65. The lowest BCUT2D eigenvalue weighted by atomic mass is 10.3. The Kier molecular flexibility index (Phi) is 4.20. The van der Waals surface area contributed by atoms with E-state index in [-0.39, 0.29) is 0 Å². The van der Waals surface area contributed by atoms with Crippen LogP contribution in [0.5, 0.6) is 0 Å². The molecule has 0 unspecified atom stereocenters. The Hall–Kier alpha value is -2.01. The molecule has 0 saturated carbocycles. The highest BCUT2D eigenvalue weighted by Gasteiger charge is 1.99. The van der Waals surface area contributed by atoms with Crippen molar-refractivity contribution in [2.24, 2.45) is 0 Å². The van der Waals surface area contributed by atoms with Crippen molar-refractivity contribution in [1.82, 2.24) is 15.3 Å². The molecule has 2 heterocycles. The van der Waals surface area contributed by atoms with E-state index in [4.69, 9.17) is 12.2 Å². The third-order valence-electron chi connectivity index (χ3n) is 2.31. The number of hydrogen-bond acceptors (Lipinski definition) is 3. The van der Waals surface area contributed by atoms with Crippen molar-refractivity contribution in [1.29, 1.82) is 0 Å². The van der Waals surface area contributed by atoms with Gasteiger partial charge in [0, 0.05) is 12.4 Å². The lowest BCUT2D eigenvalue weighted by Crippen LogP contribution is -2.28. The van der Waals surface area contributed by atoms with Crippen LogP contribution in [-0.4, -0.2) is 15.1 Å². The SMILES string of the molecule is Cc1ccc(NC(=S)NCc2ccccn2)nc1. The zero-order valence-electron chi connectivity index (χ0n) is 10.1. The summed E-state index contributed by atoms with van der Waals surface area (Å²) in [5, 5.41) is 6.64. The molecule has 4 nitrogen and oxygen atoms in total. The van der Waals surface area contributed by atoms with Crippen LogP contribution in [0.25, 0.3) is 0 Å². The second-order valence-corrected chi connectivity index (χ2v) is 4.26. The van der Waals surface area contributed by atoms with Crippen molar-refractivity contribution in [2.45, 2.75) is 13.5 Å². The highest BCUT2D eigenvalue weighted by Crippen LogP contribution is 2.03. The predicted octanol–water partition coefficient (Wildman–Crippen LogP) is 2.27. The molecule has 0 aliphatic rings. The zero-order valence-corrected chi connectivity index (χ0v) is 10.9. The second kappa shape index (κ2) is 6.07. The van der Waals surface area contributed by atoms with Gasteiger partial charge in [0.15, 0.2) is 5.11 Å². The first-order valence-electron chi connectivity index (χ1n) is 5.61. The molecule has 0 aromatic carbocycles. The predicted molar refractivity (Wildman–Crippen MR) is 76.3 cm³/mol. The molecule has 92 valence electrons. The van der Waals surface area contributed by atoms with E-state index in [0.717, 1.165) is 17.1 Å². The summed E-state index contributed by atoms with van der Waals surface area (Å²) in [6.07, 6.45) is 3.55. The summed E-state index contributed by atoms with van der Waals surface area (Å²) in [6.45, 7) is 2.59. The lowest BCUT2D eigenvalue weighted by molar-refractivity contribution is 0.881. The third-order valence-corrected chi connectivity index (χ3v) is 2.56. The van der Waals surface area contributed by atoms with Gasteiger partial charge in [0.1, 0.15) is 5.82 Å². The minimum atomic E-state index is 0.539. The van der Waals surface area contributed by atoms with Gasteiger partial charge in [-0.2, -0.15) is 0 Å². The number of aromatic nitrogens is 2. The van der Waals surface area contributed by atoms with Crippen LogP contribution >= 0.6 is 12.2 Å². The highest BCUT2D eigenvalue weighted by molar-refractivity contribution is 7.80. The van der Waals surface area contributed by atoms with E-state index in [9.17, 15) is 0 Å². The van der Waals surface area contributed by atoms with Crippen LogP contribution in [0.1, 0.15) is 11.3 Å². The normalized spacial score (nSPS) is 9.83. The number of pyridine rings is 2. The molecule has 0 spiro atoms. The fourth-order valence-corrected chi connectivity index (χ4v) is 1.55. The number of rotatable bonds is 3. The Bertz CT molecular complexity index is 510. The summed E-state index contributed by atoms with van der Waals surface area (Å²) in [5.41, 5.74) is 2.06. The zero-order chi connectivity index (χ0) is 12.8. The molecule has 2 N–H and O–H groups in total. The molecule has 0 radical (unpaired) electrons. The standard InChI is InChI=1S/C13H14N4S/c1-10-5-6-12(15-8-10)17-13(18)16-9-11-4-2-3-7-14-11/h2-8H,9H2,1H3,(H2,15,16,17,18).